The highest BCUT2D eigenvalue weighted by atomic mass is 16.6. The number of aromatic nitrogens is 5. The maximum atomic E-state index is 12.6. The van der Waals surface area contributed by atoms with Crippen molar-refractivity contribution in [2.45, 2.75) is 33.3 Å². The number of aryl methyl sites for hydroxylation is 2. The van der Waals surface area contributed by atoms with Crippen LogP contribution in [-0.2, 0) is 11.8 Å². The molecule has 0 radical (unpaired) electrons. The minimum absolute atomic E-state index is 0.291. The van der Waals surface area contributed by atoms with Crippen LogP contribution in [0.5, 0.6) is 17.2 Å². The molecule has 12 nitrogen and oxygen atoms in total. The molecule has 1 fully saturated rings. The van der Waals surface area contributed by atoms with Crippen LogP contribution in [0, 0.1) is 6.92 Å². The van der Waals surface area contributed by atoms with E-state index in [0.29, 0.717) is 43.5 Å². The van der Waals surface area contributed by atoms with Crippen LogP contribution in [0.4, 0.5) is 22.0 Å². The van der Waals surface area contributed by atoms with Gasteiger partial charge in [-0.2, -0.15) is 0 Å². The number of fused-ring (bicyclic) bond motifs is 2. The van der Waals surface area contributed by atoms with Gasteiger partial charge in [-0.15, -0.1) is 5.10 Å². The molecule has 228 valence electrons. The van der Waals surface area contributed by atoms with Crippen molar-refractivity contribution in [3.63, 3.8) is 0 Å². The highest BCUT2D eigenvalue weighted by Crippen LogP contribution is 2.40. The summed E-state index contributed by atoms with van der Waals surface area (Å²) in [4.78, 5) is 25.6. The number of piperazine rings is 1. The van der Waals surface area contributed by atoms with Crippen LogP contribution < -0.4 is 19.7 Å². The van der Waals surface area contributed by atoms with Crippen LogP contribution in [0.3, 0.4) is 0 Å². The second kappa shape index (κ2) is 11.5. The molecule has 1 saturated heterocycles. The van der Waals surface area contributed by atoms with Crippen LogP contribution in [0.15, 0.2) is 54.9 Å². The third kappa shape index (κ3) is 5.87. The van der Waals surface area contributed by atoms with Crippen molar-refractivity contribution >= 4 is 45.2 Å². The van der Waals surface area contributed by atoms with Crippen molar-refractivity contribution in [2.75, 3.05) is 43.5 Å². The van der Waals surface area contributed by atoms with E-state index >= 15 is 0 Å². The SMILES string of the molecule is COc1c(N2CCN(C(=O)OC(C)(C)C)CC2)ccc2ncnc(Nc3ccc(Oc4ccc5c(c4)nnn5C)c(C)c3)c12. The van der Waals surface area contributed by atoms with E-state index in [4.69, 9.17) is 14.2 Å². The number of carbonyl (C=O) groups is 1. The molecule has 3 heterocycles. The summed E-state index contributed by atoms with van der Waals surface area (Å²) >= 11 is 0. The largest absolute Gasteiger partial charge is 0.494 e. The Morgan fingerprint density at radius 3 is 2.48 bits per heavy atom. The summed E-state index contributed by atoms with van der Waals surface area (Å²) in [6.07, 6.45) is 1.25. The fourth-order valence-electron chi connectivity index (χ4n) is 5.31. The van der Waals surface area contributed by atoms with E-state index in [9.17, 15) is 4.79 Å². The molecule has 2 aromatic heterocycles. The molecular formula is C32H36N8O4. The zero-order chi connectivity index (χ0) is 31.0. The molecule has 0 atom stereocenters. The zero-order valence-corrected chi connectivity index (χ0v) is 25.8. The molecule has 1 aliphatic heterocycles. The molecule has 5 aromatic rings. The molecule has 1 aliphatic rings. The Balaban J connectivity index is 1.22. The summed E-state index contributed by atoms with van der Waals surface area (Å²) in [7, 11) is 3.51. The monoisotopic (exact) mass is 596 g/mol. The minimum atomic E-state index is -0.530. The average Bonchev–Trinajstić information content (AvgIpc) is 3.37. The van der Waals surface area contributed by atoms with Gasteiger partial charge in [-0.1, -0.05) is 5.21 Å². The van der Waals surface area contributed by atoms with Crippen LogP contribution in [0.1, 0.15) is 26.3 Å². The van der Waals surface area contributed by atoms with Crippen LogP contribution in [-0.4, -0.2) is 74.8 Å². The number of benzene rings is 3. The number of ether oxygens (including phenoxy) is 3. The lowest BCUT2D eigenvalue weighted by molar-refractivity contribution is 0.0240. The van der Waals surface area contributed by atoms with E-state index < -0.39 is 5.60 Å². The normalized spacial score (nSPS) is 13.8. The van der Waals surface area contributed by atoms with Crippen LogP contribution >= 0.6 is 0 Å². The quantitative estimate of drug-likeness (QED) is 0.257. The number of rotatable bonds is 6. The molecule has 0 saturated carbocycles. The van der Waals surface area contributed by atoms with Gasteiger partial charge in [0.15, 0.2) is 5.75 Å². The number of amides is 1. The number of hydrogen-bond acceptors (Lipinski definition) is 10. The van der Waals surface area contributed by atoms with Crippen molar-refractivity contribution in [1.29, 1.82) is 0 Å². The lowest BCUT2D eigenvalue weighted by Crippen LogP contribution is -2.50. The van der Waals surface area contributed by atoms with Crippen molar-refractivity contribution < 1.29 is 19.0 Å². The van der Waals surface area contributed by atoms with Gasteiger partial charge in [0, 0.05) is 45.0 Å². The first kappa shape index (κ1) is 29.0. The molecule has 44 heavy (non-hydrogen) atoms. The maximum absolute atomic E-state index is 12.6. The molecule has 12 heteroatoms. The summed E-state index contributed by atoms with van der Waals surface area (Å²) in [6, 6.07) is 15.6. The Labute approximate surface area is 255 Å². The summed E-state index contributed by atoms with van der Waals surface area (Å²) in [6.45, 7) is 10.00. The number of nitrogens with zero attached hydrogens (tertiary/aromatic N) is 7. The fraction of sp³-hybridized carbons (Fsp3) is 0.344. The molecule has 1 N–H and O–H groups in total. The number of hydrogen-bond donors (Lipinski definition) is 1. The van der Waals surface area contributed by atoms with E-state index in [-0.39, 0.29) is 6.09 Å². The van der Waals surface area contributed by atoms with Gasteiger partial charge in [0.25, 0.3) is 0 Å². The van der Waals surface area contributed by atoms with Crippen LogP contribution in [0.25, 0.3) is 21.9 Å². The molecule has 3 aromatic carbocycles. The molecule has 0 bridgehead atoms. The first-order chi connectivity index (χ1) is 21.1. The first-order valence-corrected chi connectivity index (χ1v) is 14.5. The minimum Gasteiger partial charge on any atom is -0.494 e. The summed E-state index contributed by atoms with van der Waals surface area (Å²) < 4.78 is 19.4. The Kier molecular flexibility index (Phi) is 7.58. The van der Waals surface area contributed by atoms with Gasteiger partial charge in [-0.25, -0.2) is 19.4 Å². The Bertz CT molecular complexity index is 1840. The predicted molar refractivity (Wildman–Crippen MR) is 169 cm³/mol. The highest BCUT2D eigenvalue weighted by Gasteiger charge is 2.28. The van der Waals surface area contributed by atoms with Gasteiger partial charge in [0.05, 0.1) is 29.2 Å². The van der Waals surface area contributed by atoms with E-state index in [1.165, 1.54) is 6.33 Å². The average molecular weight is 597 g/mol. The number of carbonyl (C=O) groups excluding carboxylic acids is 1. The third-order valence-electron chi connectivity index (χ3n) is 7.46. The Morgan fingerprint density at radius 1 is 0.955 bits per heavy atom. The number of nitrogens with one attached hydrogen (secondary N) is 1. The van der Waals surface area contributed by atoms with Crippen molar-refractivity contribution in [1.82, 2.24) is 29.9 Å². The summed E-state index contributed by atoms with van der Waals surface area (Å²) in [5.74, 6) is 2.72. The van der Waals surface area contributed by atoms with Gasteiger partial charge in [-0.3, -0.25) is 0 Å². The van der Waals surface area contributed by atoms with Crippen molar-refractivity contribution in [3.05, 3.63) is 60.4 Å². The van der Waals surface area contributed by atoms with Gasteiger partial charge in [0.2, 0.25) is 0 Å². The third-order valence-corrected chi connectivity index (χ3v) is 7.46. The van der Waals surface area contributed by atoms with Crippen LogP contribution in [0.2, 0.25) is 0 Å². The molecule has 6 rings (SSSR count). The first-order valence-electron chi connectivity index (χ1n) is 14.5. The fourth-order valence-corrected chi connectivity index (χ4v) is 5.31. The Morgan fingerprint density at radius 2 is 1.75 bits per heavy atom. The highest BCUT2D eigenvalue weighted by molar-refractivity contribution is 6.00. The molecular weight excluding hydrogens is 560 g/mol. The van der Waals surface area contributed by atoms with Crippen molar-refractivity contribution in [2.24, 2.45) is 7.05 Å². The molecule has 0 aliphatic carbocycles. The predicted octanol–water partition coefficient (Wildman–Crippen LogP) is 5.82. The zero-order valence-electron chi connectivity index (χ0n) is 25.8. The lowest BCUT2D eigenvalue weighted by Gasteiger charge is -2.37. The lowest BCUT2D eigenvalue weighted by atomic mass is 10.1. The number of anilines is 3. The molecule has 1 amide bonds. The standard InChI is InChI=1S/C32H36N8O4/c1-20-17-21(7-12-27(20)43-22-8-10-25-24(18-22)36-37-38(25)5)35-30-28-23(33-19-34-30)9-11-26(29(28)42-6)39-13-15-40(16-14-39)31(41)44-32(2,3)4/h7-12,17-19H,13-16H2,1-6H3,(H,33,34,35). The van der Waals surface area contributed by atoms with Gasteiger partial charge in [0.1, 0.15) is 34.8 Å². The van der Waals surface area contributed by atoms with Gasteiger partial charge >= 0.3 is 6.09 Å². The summed E-state index contributed by atoms with van der Waals surface area (Å²) in [5, 5.41) is 12.5. The topological polar surface area (TPSA) is 120 Å². The van der Waals surface area contributed by atoms with Crippen molar-refractivity contribution in [3.8, 4) is 17.2 Å². The summed E-state index contributed by atoms with van der Waals surface area (Å²) in [5.41, 5.74) is 4.65. The van der Waals surface area contributed by atoms with E-state index in [0.717, 1.165) is 44.6 Å². The molecule has 0 spiro atoms. The van der Waals surface area contributed by atoms with Gasteiger partial charge < -0.3 is 29.3 Å². The Hall–Kier alpha value is -5.13. The van der Waals surface area contributed by atoms with E-state index in [1.807, 2.05) is 83.3 Å². The number of methoxy groups -OCH3 is 1. The van der Waals surface area contributed by atoms with Gasteiger partial charge in [-0.05, 0) is 75.7 Å². The second-order valence-corrected chi connectivity index (χ2v) is 11.8. The maximum Gasteiger partial charge on any atom is 0.410 e. The second-order valence-electron chi connectivity index (χ2n) is 11.8. The smallest absolute Gasteiger partial charge is 0.410 e. The van der Waals surface area contributed by atoms with E-state index in [1.54, 1.807) is 16.7 Å². The van der Waals surface area contributed by atoms with E-state index in [2.05, 4.69) is 30.5 Å². The molecule has 0 unspecified atom stereocenters.